The van der Waals surface area contributed by atoms with Crippen LogP contribution in [0.25, 0.3) is 0 Å². The van der Waals surface area contributed by atoms with E-state index in [4.69, 9.17) is 5.73 Å². The molecule has 0 saturated heterocycles. The van der Waals surface area contributed by atoms with Crippen molar-refractivity contribution in [2.24, 2.45) is 7.05 Å². The Kier molecular flexibility index (Phi) is 4.10. The molecule has 0 aliphatic carbocycles. The normalized spacial score (nSPS) is 13.3. The molecule has 0 bridgehead atoms. The number of aryl methyl sites for hydroxylation is 1. The highest BCUT2D eigenvalue weighted by Gasteiger charge is 2.22. The zero-order chi connectivity index (χ0) is 14.8. The number of aromatic nitrogens is 2. The molecule has 1 unspecified atom stereocenters. The van der Waals surface area contributed by atoms with Crippen molar-refractivity contribution in [2.45, 2.75) is 17.9 Å². The first-order valence-corrected chi connectivity index (χ1v) is 7.71. The summed E-state index contributed by atoms with van der Waals surface area (Å²) >= 11 is 0. The highest BCUT2D eigenvalue weighted by atomic mass is 32.2. The van der Waals surface area contributed by atoms with E-state index in [1.54, 1.807) is 7.05 Å². The zero-order valence-electron chi connectivity index (χ0n) is 11.4. The molecule has 0 saturated carbocycles. The van der Waals surface area contributed by atoms with Crippen LogP contribution in [-0.4, -0.2) is 24.5 Å². The molecule has 0 spiro atoms. The van der Waals surface area contributed by atoms with Gasteiger partial charge in [0.05, 0.1) is 6.33 Å². The van der Waals surface area contributed by atoms with Crippen molar-refractivity contribution in [1.82, 2.24) is 14.3 Å². The molecule has 0 amide bonds. The van der Waals surface area contributed by atoms with Gasteiger partial charge < -0.3 is 10.3 Å². The standard InChI is InChI=1S/C13H18N4O2S/c1-10(11-6-4-3-5-7-11)8-16-20(18,19)13-12(14)15-9-17(13)2/h3-7,9-10,16H,8,14H2,1-2H3. The number of nitrogens with two attached hydrogens (primary N) is 1. The highest BCUT2D eigenvalue weighted by molar-refractivity contribution is 7.89. The lowest BCUT2D eigenvalue weighted by atomic mass is 10.0. The molecule has 0 radical (unpaired) electrons. The van der Waals surface area contributed by atoms with E-state index < -0.39 is 10.0 Å². The first-order valence-electron chi connectivity index (χ1n) is 6.23. The number of benzene rings is 1. The van der Waals surface area contributed by atoms with E-state index in [0.717, 1.165) is 5.56 Å². The molecule has 2 rings (SSSR count). The van der Waals surface area contributed by atoms with Gasteiger partial charge >= 0.3 is 0 Å². The number of hydrogen-bond acceptors (Lipinski definition) is 4. The molecule has 0 fully saturated rings. The van der Waals surface area contributed by atoms with E-state index in [-0.39, 0.29) is 16.8 Å². The Morgan fingerprint density at radius 1 is 1.35 bits per heavy atom. The Labute approximate surface area is 118 Å². The van der Waals surface area contributed by atoms with Gasteiger partial charge in [-0.2, -0.15) is 0 Å². The van der Waals surface area contributed by atoms with Crippen LogP contribution in [0.4, 0.5) is 5.82 Å². The van der Waals surface area contributed by atoms with Crippen LogP contribution in [0.1, 0.15) is 18.4 Å². The van der Waals surface area contributed by atoms with Crippen LogP contribution < -0.4 is 10.5 Å². The number of nitrogens with one attached hydrogen (secondary N) is 1. The largest absolute Gasteiger partial charge is 0.381 e. The first-order chi connectivity index (χ1) is 9.42. The molecule has 7 heteroatoms. The minimum absolute atomic E-state index is 0.00207. The molecule has 6 nitrogen and oxygen atoms in total. The average molecular weight is 294 g/mol. The molecule has 2 aromatic rings. The van der Waals surface area contributed by atoms with Crippen molar-refractivity contribution in [3.05, 3.63) is 42.2 Å². The fourth-order valence-corrected chi connectivity index (χ4v) is 3.33. The lowest BCUT2D eigenvalue weighted by Crippen LogP contribution is -2.29. The summed E-state index contributed by atoms with van der Waals surface area (Å²) in [6.45, 7) is 2.27. The number of hydrogen-bond donors (Lipinski definition) is 2. The topological polar surface area (TPSA) is 90.0 Å². The maximum Gasteiger partial charge on any atom is 0.260 e. The SMILES string of the molecule is CC(CNS(=O)(=O)c1c(N)ncn1C)c1ccccc1. The van der Waals surface area contributed by atoms with Gasteiger partial charge in [-0.05, 0) is 11.5 Å². The molecule has 0 aliphatic heterocycles. The summed E-state index contributed by atoms with van der Waals surface area (Å²) < 4.78 is 28.4. The van der Waals surface area contributed by atoms with E-state index in [1.807, 2.05) is 37.3 Å². The minimum Gasteiger partial charge on any atom is -0.381 e. The lowest BCUT2D eigenvalue weighted by molar-refractivity contribution is 0.566. The summed E-state index contributed by atoms with van der Waals surface area (Å²) in [5, 5.41) is -0.00207. The number of imidazole rings is 1. The van der Waals surface area contributed by atoms with E-state index in [2.05, 4.69) is 9.71 Å². The fraction of sp³-hybridized carbons (Fsp3) is 0.308. The molecular weight excluding hydrogens is 276 g/mol. The third-order valence-corrected chi connectivity index (χ3v) is 4.67. The van der Waals surface area contributed by atoms with Gasteiger partial charge in [0.15, 0.2) is 10.8 Å². The molecule has 108 valence electrons. The molecule has 0 aliphatic rings. The van der Waals surface area contributed by atoms with E-state index in [1.165, 1.54) is 10.9 Å². The predicted octanol–water partition coefficient (Wildman–Crippen LogP) is 1.08. The Balaban J connectivity index is 2.11. The summed E-state index contributed by atoms with van der Waals surface area (Å²) in [6.07, 6.45) is 1.38. The second-order valence-electron chi connectivity index (χ2n) is 4.71. The van der Waals surface area contributed by atoms with Crippen LogP contribution >= 0.6 is 0 Å². The van der Waals surface area contributed by atoms with Crippen LogP contribution in [0.2, 0.25) is 0 Å². The van der Waals surface area contributed by atoms with Crippen molar-refractivity contribution >= 4 is 15.8 Å². The third-order valence-electron chi connectivity index (χ3n) is 3.11. The molecule has 1 heterocycles. The van der Waals surface area contributed by atoms with Gasteiger partial charge in [-0.1, -0.05) is 37.3 Å². The van der Waals surface area contributed by atoms with E-state index in [9.17, 15) is 8.42 Å². The van der Waals surface area contributed by atoms with Gasteiger partial charge in [-0.25, -0.2) is 18.1 Å². The quantitative estimate of drug-likeness (QED) is 0.863. The van der Waals surface area contributed by atoms with Crippen LogP contribution in [-0.2, 0) is 17.1 Å². The molecule has 1 aromatic carbocycles. The molecular formula is C13H18N4O2S. The lowest BCUT2D eigenvalue weighted by Gasteiger charge is -2.13. The number of sulfonamides is 1. The predicted molar refractivity (Wildman–Crippen MR) is 77.7 cm³/mol. The van der Waals surface area contributed by atoms with Gasteiger partial charge in [0.2, 0.25) is 0 Å². The van der Waals surface area contributed by atoms with Crippen molar-refractivity contribution in [1.29, 1.82) is 0 Å². The van der Waals surface area contributed by atoms with Crippen LogP contribution in [0.3, 0.4) is 0 Å². The Morgan fingerprint density at radius 3 is 2.55 bits per heavy atom. The van der Waals surface area contributed by atoms with E-state index >= 15 is 0 Å². The number of nitrogens with zero attached hydrogens (tertiary/aromatic N) is 2. The zero-order valence-corrected chi connectivity index (χ0v) is 12.3. The van der Waals surface area contributed by atoms with Gasteiger partial charge in [0.1, 0.15) is 0 Å². The van der Waals surface area contributed by atoms with Gasteiger partial charge in [0.25, 0.3) is 10.0 Å². The van der Waals surface area contributed by atoms with Gasteiger partial charge in [0, 0.05) is 13.6 Å². The number of anilines is 1. The van der Waals surface area contributed by atoms with Crippen molar-refractivity contribution in [3.63, 3.8) is 0 Å². The Bertz CT molecular complexity index is 660. The van der Waals surface area contributed by atoms with Gasteiger partial charge in [-0.15, -0.1) is 0 Å². The maximum absolute atomic E-state index is 12.2. The highest BCUT2D eigenvalue weighted by Crippen LogP contribution is 2.17. The van der Waals surface area contributed by atoms with Gasteiger partial charge in [-0.3, -0.25) is 0 Å². The average Bonchev–Trinajstić information content (AvgIpc) is 2.77. The monoisotopic (exact) mass is 294 g/mol. The summed E-state index contributed by atoms with van der Waals surface area (Å²) in [7, 11) is -2.06. The number of nitrogen functional groups attached to an aromatic ring is 1. The van der Waals surface area contributed by atoms with Crippen LogP contribution in [0.15, 0.2) is 41.7 Å². The van der Waals surface area contributed by atoms with Crippen LogP contribution in [0.5, 0.6) is 0 Å². The molecule has 20 heavy (non-hydrogen) atoms. The Hall–Kier alpha value is -1.86. The van der Waals surface area contributed by atoms with Crippen molar-refractivity contribution in [2.75, 3.05) is 12.3 Å². The first kappa shape index (κ1) is 14.5. The van der Waals surface area contributed by atoms with Crippen molar-refractivity contribution < 1.29 is 8.42 Å². The Morgan fingerprint density at radius 2 is 2.00 bits per heavy atom. The smallest absolute Gasteiger partial charge is 0.260 e. The second kappa shape index (κ2) is 5.64. The molecule has 3 N–H and O–H groups in total. The fourth-order valence-electron chi connectivity index (χ4n) is 1.97. The van der Waals surface area contributed by atoms with E-state index in [0.29, 0.717) is 6.54 Å². The maximum atomic E-state index is 12.2. The summed E-state index contributed by atoms with van der Waals surface area (Å²) in [5.74, 6) is 0.0767. The third kappa shape index (κ3) is 3.00. The summed E-state index contributed by atoms with van der Waals surface area (Å²) in [5.41, 5.74) is 6.67. The van der Waals surface area contributed by atoms with Crippen LogP contribution in [0, 0.1) is 0 Å². The minimum atomic E-state index is -3.66. The number of rotatable bonds is 5. The molecule has 1 aromatic heterocycles. The second-order valence-corrected chi connectivity index (χ2v) is 6.39. The summed E-state index contributed by atoms with van der Waals surface area (Å²) in [4.78, 5) is 3.79. The summed E-state index contributed by atoms with van der Waals surface area (Å²) in [6, 6.07) is 9.73. The molecule has 1 atom stereocenters. The van der Waals surface area contributed by atoms with Crippen molar-refractivity contribution in [3.8, 4) is 0 Å².